The molecule has 2 heterocycles. The van der Waals surface area contributed by atoms with E-state index in [9.17, 15) is 18.0 Å². The quantitative estimate of drug-likeness (QED) is 0.764. The number of rotatable bonds is 6. The molecule has 0 fully saturated rings. The lowest BCUT2D eigenvalue weighted by atomic mass is 10.3. The number of anilines is 1. The molecule has 2 amide bonds. The Kier molecular flexibility index (Phi) is 5.69. The summed E-state index contributed by atoms with van der Waals surface area (Å²) in [6.07, 6.45) is -0.108. The molecule has 1 atom stereocenters. The molecule has 3 rings (SSSR count). The van der Waals surface area contributed by atoms with Gasteiger partial charge in [0.25, 0.3) is 0 Å². The number of hydrogen-bond acceptors (Lipinski definition) is 6. The van der Waals surface area contributed by atoms with Crippen molar-refractivity contribution in [2.75, 3.05) is 11.1 Å². The minimum atomic E-state index is -3.61. The zero-order chi connectivity index (χ0) is 18.7. The SMILES string of the molecule is CC1Sc2ccc(S(=O)(=O)CCC(=O)NCc3cccs3)cc2NC1=O. The molecular formula is C17H18N2O4S3. The van der Waals surface area contributed by atoms with Crippen molar-refractivity contribution in [2.45, 2.75) is 34.9 Å². The van der Waals surface area contributed by atoms with Gasteiger partial charge in [0, 0.05) is 16.2 Å². The van der Waals surface area contributed by atoms with Crippen LogP contribution in [0.25, 0.3) is 0 Å². The van der Waals surface area contributed by atoms with Gasteiger partial charge in [-0.25, -0.2) is 8.42 Å². The number of amides is 2. The Bertz CT molecular complexity index is 923. The zero-order valence-electron chi connectivity index (χ0n) is 14.0. The fourth-order valence-electron chi connectivity index (χ4n) is 2.41. The molecule has 1 aliphatic heterocycles. The third kappa shape index (κ3) is 4.46. The standard InChI is InChI=1S/C17H18N2O4S3/c1-11-17(21)19-14-9-13(4-5-15(14)25-11)26(22,23)8-6-16(20)18-10-12-3-2-7-24-12/h2-5,7,9,11H,6,8,10H2,1H3,(H,18,20)(H,19,21). The first-order chi connectivity index (χ1) is 12.3. The molecule has 1 aromatic heterocycles. The summed E-state index contributed by atoms with van der Waals surface area (Å²) in [7, 11) is -3.61. The predicted molar refractivity (Wildman–Crippen MR) is 103 cm³/mol. The van der Waals surface area contributed by atoms with Gasteiger partial charge in [-0.2, -0.15) is 0 Å². The molecule has 0 bridgehead atoms. The van der Waals surface area contributed by atoms with Gasteiger partial charge < -0.3 is 10.6 Å². The summed E-state index contributed by atoms with van der Waals surface area (Å²) in [6, 6.07) is 8.48. The molecule has 26 heavy (non-hydrogen) atoms. The van der Waals surface area contributed by atoms with Crippen LogP contribution in [0.5, 0.6) is 0 Å². The summed E-state index contributed by atoms with van der Waals surface area (Å²) >= 11 is 2.92. The highest BCUT2D eigenvalue weighted by molar-refractivity contribution is 8.01. The largest absolute Gasteiger partial charge is 0.351 e. The van der Waals surface area contributed by atoms with Crippen molar-refractivity contribution in [2.24, 2.45) is 0 Å². The van der Waals surface area contributed by atoms with Crippen LogP contribution in [-0.2, 0) is 26.0 Å². The minimum absolute atomic E-state index is 0.108. The summed E-state index contributed by atoms with van der Waals surface area (Å²) in [5.74, 6) is -0.734. The molecule has 138 valence electrons. The Morgan fingerprint density at radius 1 is 1.31 bits per heavy atom. The predicted octanol–water partition coefficient (Wildman–Crippen LogP) is 2.66. The van der Waals surface area contributed by atoms with Crippen LogP contribution in [0.1, 0.15) is 18.2 Å². The van der Waals surface area contributed by atoms with Crippen LogP contribution in [0.3, 0.4) is 0 Å². The molecule has 6 nitrogen and oxygen atoms in total. The number of benzene rings is 1. The fraction of sp³-hybridized carbons (Fsp3) is 0.294. The van der Waals surface area contributed by atoms with Crippen molar-refractivity contribution in [3.8, 4) is 0 Å². The van der Waals surface area contributed by atoms with Gasteiger partial charge >= 0.3 is 0 Å². The van der Waals surface area contributed by atoms with Crippen LogP contribution in [0.4, 0.5) is 5.69 Å². The average molecular weight is 411 g/mol. The Morgan fingerprint density at radius 2 is 2.12 bits per heavy atom. The van der Waals surface area contributed by atoms with Gasteiger partial charge in [0.1, 0.15) is 0 Å². The van der Waals surface area contributed by atoms with Crippen molar-refractivity contribution in [1.29, 1.82) is 0 Å². The maximum atomic E-state index is 12.5. The number of sulfone groups is 1. The van der Waals surface area contributed by atoms with E-state index in [-0.39, 0.29) is 34.1 Å². The molecule has 2 aromatic rings. The number of thioether (sulfide) groups is 1. The minimum Gasteiger partial charge on any atom is -0.351 e. The number of nitrogens with one attached hydrogen (secondary N) is 2. The monoisotopic (exact) mass is 410 g/mol. The summed E-state index contributed by atoms with van der Waals surface area (Å²) < 4.78 is 25.0. The first kappa shape index (κ1) is 18.9. The van der Waals surface area contributed by atoms with Crippen molar-refractivity contribution in [3.63, 3.8) is 0 Å². The van der Waals surface area contributed by atoms with Gasteiger partial charge in [-0.05, 0) is 36.6 Å². The van der Waals surface area contributed by atoms with Crippen LogP contribution >= 0.6 is 23.1 Å². The Balaban J connectivity index is 1.62. The Morgan fingerprint density at radius 3 is 2.85 bits per heavy atom. The smallest absolute Gasteiger partial charge is 0.237 e. The Hall–Kier alpha value is -1.84. The maximum Gasteiger partial charge on any atom is 0.237 e. The van der Waals surface area contributed by atoms with E-state index in [1.807, 2.05) is 17.5 Å². The van der Waals surface area contributed by atoms with Gasteiger partial charge in [0.2, 0.25) is 11.8 Å². The van der Waals surface area contributed by atoms with Gasteiger partial charge in [0.05, 0.1) is 28.1 Å². The van der Waals surface area contributed by atoms with E-state index in [0.29, 0.717) is 12.2 Å². The zero-order valence-corrected chi connectivity index (χ0v) is 16.5. The van der Waals surface area contributed by atoms with Gasteiger partial charge in [0.15, 0.2) is 9.84 Å². The van der Waals surface area contributed by atoms with Gasteiger partial charge in [-0.15, -0.1) is 23.1 Å². The Labute approximate surface area is 160 Å². The van der Waals surface area contributed by atoms with Crippen LogP contribution < -0.4 is 10.6 Å². The van der Waals surface area contributed by atoms with E-state index in [4.69, 9.17) is 0 Å². The second-order valence-electron chi connectivity index (χ2n) is 5.83. The first-order valence-corrected chi connectivity index (χ1v) is 11.4. The highest BCUT2D eigenvalue weighted by atomic mass is 32.2. The summed E-state index contributed by atoms with van der Waals surface area (Å²) in [5, 5.41) is 7.14. The molecule has 0 saturated carbocycles. The van der Waals surface area contributed by atoms with Crippen molar-refractivity contribution < 1.29 is 18.0 Å². The van der Waals surface area contributed by atoms with Crippen LogP contribution in [0.2, 0.25) is 0 Å². The average Bonchev–Trinajstić information content (AvgIpc) is 3.12. The van der Waals surface area contributed by atoms with Crippen LogP contribution in [0, 0.1) is 0 Å². The molecule has 9 heteroatoms. The highest BCUT2D eigenvalue weighted by Gasteiger charge is 2.25. The second kappa shape index (κ2) is 7.81. The lowest BCUT2D eigenvalue weighted by Crippen LogP contribution is -2.27. The molecule has 0 radical (unpaired) electrons. The third-order valence-corrected chi connectivity index (χ3v) is 7.65. The van der Waals surface area contributed by atoms with Gasteiger partial charge in [-0.1, -0.05) is 6.07 Å². The number of carbonyl (C=O) groups is 2. The number of fused-ring (bicyclic) bond motifs is 1. The maximum absolute atomic E-state index is 12.5. The highest BCUT2D eigenvalue weighted by Crippen LogP contribution is 2.36. The summed E-state index contributed by atoms with van der Waals surface area (Å²) in [6.45, 7) is 2.19. The second-order valence-corrected chi connectivity index (χ2v) is 10.4. The molecule has 0 saturated heterocycles. The van der Waals surface area contributed by atoms with Crippen molar-refractivity contribution in [1.82, 2.24) is 5.32 Å². The molecule has 2 N–H and O–H groups in total. The third-order valence-electron chi connectivity index (χ3n) is 3.88. The van der Waals surface area contributed by atoms with Crippen LogP contribution in [-0.4, -0.2) is 31.2 Å². The van der Waals surface area contributed by atoms with E-state index < -0.39 is 9.84 Å². The van der Waals surface area contributed by atoms with E-state index >= 15 is 0 Å². The van der Waals surface area contributed by atoms with Crippen LogP contribution in [0.15, 0.2) is 45.5 Å². The number of carbonyl (C=O) groups excluding carboxylic acids is 2. The van der Waals surface area contributed by atoms with E-state index in [1.54, 1.807) is 13.0 Å². The molecule has 0 aliphatic carbocycles. The lowest BCUT2D eigenvalue weighted by molar-refractivity contribution is -0.120. The normalized spacial score (nSPS) is 16.7. The molecule has 0 spiro atoms. The topological polar surface area (TPSA) is 92.3 Å². The summed E-state index contributed by atoms with van der Waals surface area (Å²) in [4.78, 5) is 25.6. The fourth-order valence-corrected chi connectivity index (χ4v) is 5.25. The van der Waals surface area contributed by atoms with Crippen molar-refractivity contribution >= 4 is 50.4 Å². The van der Waals surface area contributed by atoms with E-state index in [0.717, 1.165) is 9.77 Å². The van der Waals surface area contributed by atoms with E-state index in [1.165, 1.54) is 35.2 Å². The molecular weight excluding hydrogens is 392 g/mol. The van der Waals surface area contributed by atoms with Crippen molar-refractivity contribution in [3.05, 3.63) is 40.6 Å². The summed E-state index contributed by atoms with van der Waals surface area (Å²) in [5.41, 5.74) is 0.501. The van der Waals surface area contributed by atoms with Gasteiger partial charge in [-0.3, -0.25) is 9.59 Å². The first-order valence-electron chi connectivity index (χ1n) is 7.98. The lowest BCUT2D eigenvalue weighted by Gasteiger charge is -2.21. The number of hydrogen-bond donors (Lipinski definition) is 2. The molecule has 1 unspecified atom stereocenters. The molecule has 1 aromatic carbocycles. The number of thiophene rings is 1. The molecule has 1 aliphatic rings. The van der Waals surface area contributed by atoms with E-state index in [2.05, 4.69) is 10.6 Å².